The molecule has 1 aliphatic heterocycles. The van der Waals surface area contributed by atoms with Crippen LogP contribution >= 0.6 is 19.5 Å². The number of ether oxygens (including phenoxy) is 1. The zero-order valence-electron chi connectivity index (χ0n) is 22.2. The lowest BCUT2D eigenvalue weighted by atomic mass is 9.97. The number of nitrogens with one attached hydrogen (secondary N) is 1. The van der Waals surface area contributed by atoms with Gasteiger partial charge in [0.2, 0.25) is 0 Å². The fraction of sp³-hybridized carbons (Fsp3) is 0.542. The van der Waals surface area contributed by atoms with Gasteiger partial charge in [-0.05, 0) is 26.3 Å². The van der Waals surface area contributed by atoms with Gasteiger partial charge in [0.1, 0.15) is 17.8 Å². The number of nitrogens with two attached hydrogens (primary N) is 1. The Morgan fingerprint density at radius 1 is 1.32 bits per heavy atom. The molecule has 0 spiro atoms. The SMILES string of the molecule is CC(C)(CO)C(=O)SCCOP(=O)(NCc1ccccc1)OC[C@H]1O[C@@H](n2cc(F)c(C(N)=O)n2)C(C)(O)C1O. The van der Waals surface area contributed by atoms with Crippen molar-refractivity contribution in [3.8, 4) is 0 Å². The van der Waals surface area contributed by atoms with Gasteiger partial charge in [0, 0.05) is 12.3 Å². The van der Waals surface area contributed by atoms with Gasteiger partial charge in [-0.25, -0.2) is 18.7 Å². The van der Waals surface area contributed by atoms with Crippen molar-refractivity contribution in [2.45, 2.75) is 51.4 Å². The van der Waals surface area contributed by atoms with Crippen molar-refractivity contribution in [3.05, 3.63) is 53.6 Å². The average Bonchev–Trinajstić information content (AvgIpc) is 3.41. The van der Waals surface area contributed by atoms with Crippen LogP contribution in [0.5, 0.6) is 0 Å². The molecule has 3 rings (SSSR count). The quantitative estimate of drug-likeness (QED) is 0.154. The number of thioether (sulfide) groups is 1. The number of rotatable bonds is 14. The van der Waals surface area contributed by atoms with Crippen molar-refractivity contribution in [1.29, 1.82) is 0 Å². The molecule has 2 aromatic rings. The molecule has 16 heteroatoms. The summed E-state index contributed by atoms with van der Waals surface area (Å²) < 4.78 is 45.2. The summed E-state index contributed by atoms with van der Waals surface area (Å²) in [6.45, 7) is 3.50. The Bertz CT molecular complexity index is 1230. The minimum Gasteiger partial charge on any atom is -0.395 e. The molecule has 1 fully saturated rings. The van der Waals surface area contributed by atoms with Crippen molar-refractivity contribution in [2.75, 3.05) is 25.6 Å². The van der Waals surface area contributed by atoms with Gasteiger partial charge >= 0.3 is 7.75 Å². The highest BCUT2D eigenvalue weighted by atomic mass is 32.2. The fourth-order valence-corrected chi connectivity index (χ4v) is 5.89. The van der Waals surface area contributed by atoms with Crippen LogP contribution in [0.15, 0.2) is 36.5 Å². The maximum Gasteiger partial charge on any atom is 0.405 e. The van der Waals surface area contributed by atoms with Crippen LogP contribution in [0.4, 0.5) is 4.39 Å². The van der Waals surface area contributed by atoms with E-state index in [9.17, 15) is 33.9 Å². The molecular weight excluding hydrogens is 570 g/mol. The topological polar surface area (TPSA) is 195 Å². The highest BCUT2D eigenvalue weighted by Crippen LogP contribution is 2.46. The molecule has 1 saturated heterocycles. The van der Waals surface area contributed by atoms with Gasteiger partial charge in [-0.2, -0.15) is 5.10 Å². The van der Waals surface area contributed by atoms with Gasteiger partial charge in [-0.15, -0.1) is 0 Å². The molecule has 0 radical (unpaired) electrons. The molecule has 5 atom stereocenters. The Balaban J connectivity index is 1.68. The highest BCUT2D eigenvalue weighted by molar-refractivity contribution is 8.13. The summed E-state index contributed by atoms with van der Waals surface area (Å²) in [5.74, 6) is -2.05. The van der Waals surface area contributed by atoms with Crippen molar-refractivity contribution in [3.63, 3.8) is 0 Å². The average molecular weight is 605 g/mol. The van der Waals surface area contributed by atoms with Crippen molar-refractivity contribution in [1.82, 2.24) is 14.9 Å². The van der Waals surface area contributed by atoms with E-state index in [0.29, 0.717) is 0 Å². The van der Waals surface area contributed by atoms with E-state index in [-0.39, 0.29) is 30.6 Å². The second kappa shape index (κ2) is 13.2. The first-order valence-electron chi connectivity index (χ1n) is 12.3. The number of nitrogens with zero attached hydrogens (tertiary/aromatic N) is 2. The van der Waals surface area contributed by atoms with Crippen LogP contribution in [0.1, 0.15) is 43.1 Å². The van der Waals surface area contributed by atoms with Gasteiger partial charge in [0.15, 0.2) is 22.9 Å². The van der Waals surface area contributed by atoms with Gasteiger partial charge in [0.25, 0.3) is 5.91 Å². The standard InChI is InChI=1S/C24H34FN4O9PS/c1-23(2,14-30)22(33)40-10-9-36-39(35,27-11-15-7-5-4-6-8-15)37-13-17-19(31)24(3,34)21(38-17)29-12-16(25)18(28-29)20(26)32/h4-8,12,17,19,21,30-31,34H,9-11,13-14H2,1-3H3,(H2,26,32)(H,27,35)/t17-,19?,21-,24?,39?/m1/s1. The number of hydrogen-bond donors (Lipinski definition) is 5. The lowest BCUT2D eigenvalue weighted by molar-refractivity contribution is -0.119. The largest absolute Gasteiger partial charge is 0.405 e. The van der Waals surface area contributed by atoms with E-state index in [1.54, 1.807) is 38.1 Å². The third kappa shape index (κ3) is 7.75. The van der Waals surface area contributed by atoms with Crippen molar-refractivity contribution < 1.29 is 47.6 Å². The monoisotopic (exact) mass is 604 g/mol. The third-order valence-electron chi connectivity index (χ3n) is 6.17. The molecule has 0 bridgehead atoms. The molecule has 222 valence electrons. The molecule has 40 heavy (non-hydrogen) atoms. The molecule has 0 saturated carbocycles. The van der Waals surface area contributed by atoms with Gasteiger partial charge in [-0.1, -0.05) is 42.1 Å². The number of aliphatic hydroxyl groups is 3. The van der Waals surface area contributed by atoms with Crippen LogP contribution in [0.3, 0.4) is 0 Å². The molecule has 1 aromatic carbocycles. The predicted octanol–water partition coefficient (Wildman–Crippen LogP) is 1.34. The molecule has 6 N–H and O–H groups in total. The third-order valence-corrected chi connectivity index (χ3v) is 8.91. The molecule has 13 nitrogen and oxygen atoms in total. The molecule has 0 aliphatic carbocycles. The van der Waals surface area contributed by atoms with E-state index in [4.69, 9.17) is 19.5 Å². The first kappa shape index (κ1) is 32.3. The number of aliphatic hydroxyl groups excluding tert-OH is 2. The van der Waals surface area contributed by atoms with E-state index < -0.39 is 61.2 Å². The Morgan fingerprint density at radius 2 is 2.00 bits per heavy atom. The van der Waals surface area contributed by atoms with Crippen LogP contribution in [-0.2, 0) is 29.7 Å². The van der Waals surface area contributed by atoms with E-state index in [2.05, 4.69) is 10.2 Å². The minimum absolute atomic E-state index is 0.0958. The first-order valence-corrected chi connectivity index (χ1v) is 14.8. The van der Waals surface area contributed by atoms with Crippen molar-refractivity contribution in [2.24, 2.45) is 11.1 Å². The molecule has 3 unspecified atom stereocenters. The number of amides is 1. The summed E-state index contributed by atoms with van der Waals surface area (Å²) in [7, 11) is -4.06. The second-order valence-electron chi connectivity index (χ2n) is 9.99. The lowest BCUT2D eigenvalue weighted by Gasteiger charge is -2.26. The van der Waals surface area contributed by atoms with Crippen LogP contribution in [0.2, 0.25) is 0 Å². The Morgan fingerprint density at radius 3 is 2.60 bits per heavy atom. The van der Waals surface area contributed by atoms with Crippen LogP contribution < -0.4 is 10.8 Å². The summed E-state index contributed by atoms with van der Waals surface area (Å²) in [6, 6.07) is 8.98. The number of primary amides is 1. The summed E-state index contributed by atoms with van der Waals surface area (Å²) in [5, 5.41) is 37.1. The molecule has 1 aromatic heterocycles. The predicted molar refractivity (Wildman–Crippen MR) is 142 cm³/mol. The number of halogens is 1. The maximum atomic E-state index is 14.1. The fourth-order valence-electron chi connectivity index (χ4n) is 3.65. The molecular formula is C24H34FN4O9PS. The number of hydrogen-bond acceptors (Lipinski definition) is 11. The van der Waals surface area contributed by atoms with Gasteiger partial charge < -0.3 is 25.8 Å². The summed E-state index contributed by atoms with van der Waals surface area (Å²) in [5.41, 5.74) is 2.24. The van der Waals surface area contributed by atoms with Crippen LogP contribution in [-0.4, -0.2) is 79.5 Å². The van der Waals surface area contributed by atoms with Crippen LogP contribution in [0, 0.1) is 11.2 Å². The molecule has 1 aliphatic rings. The smallest absolute Gasteiger partial charge is 0.395 e. The van der Waals surface area contributed by atoms with Gasteiger partial charge in [-0.3, -0.25) is 18.6 Å². The highest BCUT2D eigenvalue weighted by Gasteiger charge is 2.54. The summed E-state index contributed by atoms with van der Waals surface area (Å²) in [6.07, 6.45) is -3.50. The lowest BCUT2D eigenvalue weighted by Crippen LogP contribution is -2.44. The number of benzene rings is 1. The zero-order valence-corrected chi connectivity index (χ0v) is 23.9. The van der Waals surface area contributed by atoms with E-state index in [1.165, 1.54) is 6.92 Å². The molecule has 1 amide bonds. The number of aromatic nitrogens is 2. The van der Waals surface area contributed by atoms with Crippen LogP contribution in [0.25, 0.3) is 0 Å². The second-order valence-corrected chi connectivity index (χ2v) is 12.9. The Labute approximate surface area is 234 Å². The minimum atomic E-state index is -4.06. The summed E-state index contributed by atoms with van der Waals surface area (Å²) >= 11 is 0.910. The van der Waals surface area contributed by atoms with Crippen molar-refractivity contribution >= 4 is 30.5 Å². The Hall–Kier alpha value is -2.20. The van der Waals surface area contributed by atoms with E-state index in [1.807, 2.05) is 6.07 Å². The normalized spacial score (nSPS) is 24.6. The zero-order chi connectivity index (χ0) is 29.7. The molecule has 2 heterocycles. The number of carbonyl (C=O) groups is 2. The Kier molecular flexibility index (Phi) is 10.7. The van der Waals surface area contributed by atoms with E-state index >= 15 is 0 Å². The van der Waals surface area contributed by atoms with E-state index in [0.717, 1.165) is 28.2 Å². The van der Waals surface area contributed by atoms with Gasteiger partial charge in [0.05, 0.1) is 31.4 Å². The number of carbonyl (C=O) groups excluding carboxylic acids is 2. The summed E-state index contributed by atoms with van der Waals surface area (Å²) in [4.78, 5) is 23.6. The first-order chi connectivity index (χ1) is 18.7. The maximum absolute atomic E-state index is 14.1.